The van der Waals surface area contributed by atoms with Crippen LogP contribution in [0.3, 0.4) is 0 Å². The van der Waals surface area contributed by atoms with Crippen LogP contribution in [0.4, 0.5) is 0 Å². The first-order chi connectivity index (χ1) is 9.06. The van der Waals surface area contributed by atoms with Gasteiger partial charge in [-0.15, -0.1) is 6.58 Å². The van der Waals surface area contributed by atoms with E-state index in [1.807, 2.05) is 0 Å². The minimum atomic E-state index is -3.39. The third-order valence-electron chi connectivity index (χ3n) is 3.60. The molecule has 2 heterocycles. The van der Waals surface area contributed by atoms with Crippen LogP contribution < -0.4 is 5.32 Å². The van der Waals surface area contributed by atoms with Crippen molar-refractivity contribution in [1.29, 1.82) is 0 Å². The Hall–Kier alpha value is -0.920. The summed E-state index contributed by atoms with van der Waals surface area (Å²) >= 11 is 0. The Labute approximate surface area is 114 Å². The molecule has 108 valence electrons. The van der Waals surface area contributed by atoms with Crippen LogP contribution in [0.25, 0.3) is 0 Å². The molecule has 1 N–H and O–H groups in total. The molecule has 7 heteroatoms. The van der Waals surface area contributed by atoms with E-state index in [2.05, 4.69) is 11.9 Å². The maximum absolute atomic E-state index is 12.4. The zero-order chi connectivity index (χ0) is 13.9. The van der Waals surface area contributed by atoms with Gasteiger partial charge in [0.1, 0.15) is 6.04 Å². The van der Waals surface area contributed by atoms with E-state index in [0.29, 0.717) is 26.1 Å². The van der Waals surface area contributed by atoms with Crippen molar-refractivity contribution in [2.75, 3.05) is 38.5 Å². The molecule has 2 aliphatic rings. The molecule has 1 unspecified atom stereocenters. The van der Waals surface area contributed by atoms with E-state index in [-0.39, 0.29) is 11.7 Å². The second kappa shape index (κ2) is 6.02. The fourth-order valence-corrected chi connectivity index (χ4v) is 4.14. The number of nitrogens with one attached hydrogen (secondary N) is 1. The Bertz CT molecular complexity index is 443. The average molecular weight is 287 g/mol. The zero-order valence-electron chi connectivity index (χ0n) is 11.0. The standard InChI is InChI=1S/C12H21N3O3S/c1-2-10-19(17,18)15-7-3-4-11(15)12(16)14-8-5-13-6-9-14/h2,11,13H,1,3-10H2. The number of nitrogens with zero attached hydrogens (tertiary/aromatic N) is 2. The fourth-order valence-electron chi connectivity index (χ4n) is 2.66. The van der Waals surface area contributed by atoms with Crippen molar-refractivity contribution in [3.8, 4) is 0 Å². The van der Waals surface area contributed by atoms with Crippen molar-refractivity contribution >= 4 is 15.9 Å². The van der Waals surface area contributed by atoms with Gasteiger partial charge in [0.2, 0.25) is 15.9 Å². The van der Waals surface area contributed by atoms with Crippen LogP contribution in [0.1, 0.15) is 12.8 Å². The molecular formula is C12H21N3O3S. The van der Waals surface area contributed by atoms with Gasteiger partial charge in [-0.05, 0) is 12.8 Å². The monoisotopic (exact) mass is 287 g/mol. The van der Waals surface area contributed by atoms with E-state index in [1.165, 1.54) is 10.4 Å². The van der Waals surface area contributed by atoms with Crippen molar-refractivity contribution in [2.24, 2.45) is 0 Å². The number of carbonyl (C=O) groups excluding carboxylic acids is 1. The molecule has 0 aromatic heterocycles. The lowest BCUT2D eigenvalue weighted by atomic mass is 10.2. The van der Waals surface area contributed by atoms with Crippen LogP contribution in [0.15, 0.2) is 12.7 Å². The number of sulfonamides is 1. The third kappa shape index (κ3) is 3.16. The van der Waals surface area contributed by atoms with Gasteiger partial charge in [-0.3, -0.25) is 4.79 Å². The number of amides is 1. The molecule has 0 aromatic rings. The van der Waals surface area contributed by atoms with Gasteiger partial charge in [0.25, 0.3) is 0 Å². The van der Waals surface area contributed by atoms with Crippen molar-refractivity contribution < 1.29 is 13.2 Å². The lowest BCUT2D eigenvalue weighted by Crippen LogP contribution is -2.53. The molecule has 0 aliphatic carbocycles. The molecular weight excluding hydrogens is 266 g/mol. The molecule has 2 fully saturated rings. The average Bonchev–Trinajstić information content (AvgIpc) is 2.89. The molecule has 0 bridgehead atoms. The zero-order valence-corrected chi connectivity index (χ0v) is 11.9. The smallest absolute Gasteiger partial charge is 0.241 e. The summed E-state index contributed by atoms with van der Waals surface area (Å²) in [6.45, 7) is 6.78. The molecule has 1 amide bonds. The van der Waals surface area contributed by atoms with Crippen LogP contribution in [0.5, 0.6) is 0 Å². The maximum atomic E-state index is 12.4. The maximum Gasteiger partial charge on any atom is 0.241 e. The number of piperazine rings is 1. The Morgan fingerprint density at radius 3 is 2.63 bits per heavy atom. The van der Waals surface area contributed by atoms with Crippen molar-refractivity contribution in [2.45, 2.75) is 18.9 Å². The van der Waals surface area contributed by atoms with Gasteiger partial charge in [0, 0.05) is 32.7 Å². The van der Waals surface area contributed by atoms with E-state index >= 15 is 0 Å². The second-order valence-corrected chi connectivity index (χ2v) is 6.88. The van der Waals surface area contributed by atoms with E-state index in [1.54, 1.807) is 4.90 Å². The molecule has 0 saturated carbocycles. The van der Waals surface area contributed by atoms with Crippen LogP contribution in [0, 0.1) is 0 Å². The molecule has 2 rings (SSSR count). The molecule has 2 saturated heterocycles. The van der Waals surface area contributed by atoms with Crippen molar-refractivity contribution in [3.05, 3.63) is 12.7 Å². The normalized spacial score (nSPS) is 25.5. The topological polar surface area (TPSA) is 69.7 Å². The van der Waals surface area contributed by atoms with Gasteiger partial charge in [0.15, 0.2) is 0 Å². The van der Waals surface area contributed by atoms with Gasteiger partial charge in [-0.25, -0.2) is 8.42 Å². The molecule has 6 nitrogen and oxygen atoms in total. The first-order valence-corrected chi connectivity index (χ1v) is 8.27. The summed E-state index contributed by atoms with van der Waals surface area (Å²) in [4.78, 5) is 14.2. The number of hydrogen-bond acceptors (Lipinski definition) is 4. The largest absolute Gasteiger partial charge is 0.339 e. The summed E-state index contributed by atoms with van der Waals surface area (Å²) in [5, 5.41) is 3.18. The Morgan fingerprint density at radius 1 is 1.32 bits per heavy atom. The summed E-state index contributed by atoms with van der Waals surface area (Å²) < 4.78 is 25.6. The van der Waals surface area contributed by atoms with Gasteiger partial charge in [-0.2, -0.15) is 4.31 Å². The van der Waals surface area contributed by atoms with E-state index in [0.717, 1.165) is 19.5 Å². The Kier molecular flexibility index (Phi) is 4.59. The van der Waals surface area contributed by atoms with Crippen molar-refractivity contribution in [1.82, 2.24) is 14.5 Å². The van der Waals surface area contributed by atoms with E-state index in [9.17, 15) is 13.2 Å². The van der Waals surface area contributed by atoms with Gasteiger partial charge in [-0.1, -0.05) is 6.08 Å². The Morgan fingerprint density at radius 2 is 2.00 bits per heavy atom. The van der Waals surface area contributed by atoms with Crippen LogP contribution >= 0.6 is 0 Å². The number of carbonyl (C=O) groups is 1. The Balaban J connectivity index is 2.09. The number of hydrogen-bond donors (Lipinski definition) is 1. The highest BCUT2D eigenvalue weighted by Crippen LogP contribution is 2.23. The molecule has 0 radical (unpaired) electrons. The first-order valence-electron chi connectivity index (χ1n) is 6.66. The van der Waals surface area contributed by atoms with Gasteiger partial charge < -0.3 is 10.2 Å². The van der Waals surface area contributed by atoms with Crippen LogP contribution in [0.2, 0.25) is 0 Å². The number of rotatable bonds is 4. The van der Waals surface area contributed by atoms with Crippen LogP contribution in [-0.2, 0) is 14.8 Å². The van der Waals surface area contributed by atoms with E-state index < -0.39 is 16.1 Å². The SMILES string of the molecule is C=CCS(=O)(=O)N1CCCC1C(=O)N1CCNCC1. The van der Waals surface area contributed by atoms with Gasteiger partial charge >= 0.3 is 0 Å². The highest BCUT2D eigenvalue weighted by molar-refractivity contribution is 7.89. The summed E-state index contributed by atoms with van der Waals surface area (Å²) in [6.07, 6.45) is 2.75. The summed E-state index contributed by atoms with van der Waals surface area (Å²) in [5.41, 5.74) is 0. The quantitative estimate of drug-likeness (QED) is 0.701. The summed E-state index contributed by atoms with van der Waals surface area (Å²) in [6, 6.07) is -0.511. The minimum absolute atomic E-state index is 0.0494. The predicted molar refractivity (Wildman–Crippen MR) is 73.2 cm³/mol. The third-order valence-corrected chi connectivity index (χ3v) is 5.41. The van der Waals surface area contributed by atoms with E-state index in [4.69, 9.17) is 0 Å². The highest BCUT2D eigenvalue weighted by atomic mass is 32.2. The lowest BCUT2D eigenvalue weighted by molar-refractivity contribution is -0.135. The second-order valence-electron chi connectivity index (χ2n) is 4.91. The summed E-state index contributed by atoms with van der Waals surface area (Å²) in [7, 11) is -3.39. The summed E-state index contributed by atoms with van der Waals surface area (Å²) in [5.74, 6) is -0.148. The molecule has 1 atom stereocenters. The minimum Gasteiger partial charge on any atom is -0.339 e. The fraction of sp³-hybridized carbons (Fsp3) is 0.750. The molecule has 0 aromatic carbocycles. The first kappa shape index (κ1) is 14.5. The van der Waals surface area contributed by atoms with Gasteiger partial charge in [0.05, 0.1) is 5.75 Å². The van der Waals surface area contributed by atoms with Crippen molar-refractivity contribution in [3.63, 3.8) is 0 Å². The highest BCUT2D eigenvalue weighted by Gasteiger charge is 2.39. The predicted octanol–water partition coefficient (Wildman–Crippen LogP) is -0.602. The molecule has 19 heavy (non-hydrogen) atoms. The molecule has 2 aliphatic heterocycles. The van der Waals surface area contributed by atoms with Crippen LogP contribution in [-0.4, -0.2) is 68.0 Å². The lowest BCUT2D eigenvalue weighted by Gasteiger charge is -2.32. The molecule has 0 spiro atoms.